The van der Waals surface area contributed by atoms with Crippen molar-refractivity contribution in [3.63, 3.8) is 0 Å². The minimum atomic E-state index is -0.462. The molecule has 2 aromatic carbocycles. The average molecular weight is 327 g/mol. The number of benzene rings is 2. The molecule has 0 aromatic heterocycles. The van der Waals surface area contributed by atoms with Gasteiger partial charge in [-0.25, -0.2) is 9.18 Å². The molecule has 0 spiro atoms. The van der Waals surface area contributed by atoms with Crippen molar-refractivity contribution in [1.82, 2.24) is 5.32 Å². The van der Waals surface area contributed by atoms with E-state index in [2.05, 4.69) is 10.6 Å². The van der Waals surface area contributed by atoms with Gasteiger partial charge in [-0.15, -0.1) is 0 Å². The highest BCUT2D eigenvalue weighted by atomic mass is 19.1. The number of rotatable bonds is 4. The van der Waals surface area contributed by atoms with Gasteiger partial charge in [0, 0.05) is 5.69 Å². The fraction of sp³-hybridized carbons (Fsp3) is 0.222. The monoisotopic (exact) mass is 327 g/mol. The number of hydrogen-bond acceptors (Lipinski definition) is 2. The first kappa shape index (κ1) is 16.0. The van der Waals surface area contributed by atoms with Crippen LogP contribution in [0.1, 0.15) is 29.2 Å². The van der Waals surface area contributed by atoms with E-state index in [9.17, 15) is 14.0 Å². The van der Waals surface area contributed by atoms with Gasteiger partial charge in [-0.05, 0) is 47.7 Å². The number of primary amides is 1. The second kappa shape index (κ2) is 6.70. The molecule has 4 N–H and O–H groups in total. The minimum Gasteiger partial charge on any atom is -0.369 e. The summed E-state index contributed by atoms with van der Waals surface area (Å²) >= 11 is 0. The predicted octanol–water partition coefficient (Wildman–Crippen LogP) is 2.66. The van der Waals surface area contributed by atoms with Gasteiger partial charge >= 0.3 is 6.03 Å². The zero-order valence-corrected chi connectivity index (χ0v) is 13.0. The Kier molecular flexibility index (Phi) is 4.46. The van der Waals surface area contributed by atoms with Gasteiger partial charge in [0.15, 0.2) is 0 Å². The first-order valence-corrected chi connectivity index (χ1v) is 7.75. The Hall–Kier alpha value is -2.89. The molecule has 0 saturated heterocycles. The molecule has 1 aliphatic rings. The van der Waals surface area contributed by atoms with Gasteiger partial charge in [0.1, 0.15) is 5.82 Å². The molecule has 0 fully saturated rings. The Balaban J connectivity index is 1.69. The Morgan fingerprint density at radius 3 is 2.79 bits per heavy atom. The van der Waals surface area contributed by atoms with Crippen molar-refractivity contribution < 1.29 is 14.0 Å². The van der Waals surface area contributed by atoms with Crippen LogP contribution in [0.25, 0.3) is 0 Å². The number of urea groups is 1. The van der Waals surface area contributed by atoms with E-state index in [0.717, 1.165) is 24.0 Å². The number of amides is 3. The second-order valence-corrected chi connectivity index (χ2v) is 5.83. The fourth-order valence-corrected chi connectivity index (χ4v) is 3.04. The first-order valence-electron chi connectivity index (χ1n) is 7.75. The second-order valence-electron chi connectivity index (χ2n) is 5.83. The van der Waals surface area contributed by atoms with Crippen molar-refractivity contribution in [2.45, 2.75) is 25.3 Å². The van der Waals surface area contributed by atoms with Crippen LogP contribution < -0.4 is 16.4 Å². The summed E-state index contributed by atoms with van der Waals surface area (Å²) in [5.41, 5.74) is 8.30. The Labute approximate surface area is 139 Å². The van der Waals surface area contributed by atoms with E-state index >= 15 is 0 Å². The summed E-state index contributed by atoms with van der Waals surface area (Å²) in [7, 11) is 0. The third kappa shape index (κ3) is 3.53. The van der Waals surface area contributed by atoms with E-state index in [4.69, 9.17) is 5.73 Å². The number of hydrogen-bond donors (Lipinski definition) is 3. The van der Waals surface area contributed by atoms with Crippen LogP contribution in [0.2, 0.25) is 0 Å². The molecule has 1 aliphatic carbocycles. The molecular weight excluding hydrogens is 309 g/mol. The van der Waals surface area contributed by atoms with Crippen LogP contribution in [0.3, 0.4) is 0 Å². The SMILES string of the molecule is NC(=O)Cc1ccccc1NC(=O)NC1CCc2cc(F)ccc21. The quantitative estimate of drug-likeness (QED) is 0.806. The van der Waals surface area contributed by atoms with E-state index in [1.807, 2.05) is 0 Å². The van der Waals surface area contributed by atoms with Gasteiger partial charge in [-0.3, -0.25) is 4.79 Å². The highest BCUT2D eigenvalue weighted by Gasteiger charge is 2.24. The lowest BCUT2D eigenvalue weighted by Crippen LogP contribution is -2.32. The molecular formula is C18H18FN3O2. The number of anilines is 1. The molecule has 2 aromatic rings. The summed E-state index contributed by atoms with van der Waals surface area (Å²) in [4.78, 5) is 23.4. The van der Waals surface area contributed by atoms with E-state index in [1.165, 1.54) is 12.1 Å². The molecule has 5 nitrogen and oxygen atoms in total. The molecule has 0 heterocycles. The summed E-state index contributed by atoms with van der Waals surface area (Å²) in [5.74, 6) is -0.726. The van der Waals surface area contributed by atoms with E-state index in [0.29, 0.717) is 11.3 Å². The number of carbonyl (C=O) groups is 2. The third-order valence-electron chi connectivity index (χ3n) is 4.12. The van der Waals surface area contributed by atoms with Crippen LogP contribution in [0.5, 0.6) is 0 Å². The molecule has 0 bridgehead atoms. The molecule has 0 radical (unpaired) electrons. The van der Waals surface area contributed by atoms with Crippen molar-refractivity contribution in [3.8, 4) is 0 Å². The summed E-state index contributed by atoms with van der Waals surface area (Å²) < 4.78 is 13.3. The zero-order chi connectivity index (χ0) is 17.1. The van der Waals surface area contributed by atoms with Crippen molar-refractivity contribution in [2.75, 3.05) is 5.32 Å². The molecule has 24 heavy (non-hydrogen) atoms. The van der Waals surface area contributed by atoms with Gasteiger partial charge in [-0.1, -0.05) is 24.3 Å². The Morgan fingerprint density at radius 1 is 1.21 bits per heavy atom. The summed E-state index contributed by atoms with van der Waals surface area (Å²) in [6.45, 7) is 0. The Bertz CT molecular complexity index is 792. The molecule has 3 rings (SSSR count). The summed E-state index contributed by atoms with van der Waals surface area (Å²) in [6, 6.07) is 11.1. The molecule has 1 atom stereocenters. The number of halogens is 1. The Morgan fingerprint density at radius 2 is 2.00 bits per heavy atom. The summed E-state index contributed by atoms with van der Waals surface area (Å²) in [5, 5.41) is 5.65. The van der Waals surface area contributed by atoms with Crippen molar-refractivity contribution in [1.29, 1.82) is 0 Å². The molecule has 3 amide bonds. The van der Waals surface area contributed by atoms with Crippen LogP contribution >= 0.6 is 0 Å². The lowest BCUT2D eigenvalue weighted by atomic mass is 10.1. The molecule has 0 saturated carbocycles. The largest absolute Gasteiger partial charge is 0.369 e. The van der Waals surface area contributed by atoms with Crippen LogP contribution in [-0.2, 0) is 17.6 Å². The lowest BCUT2D eigenvalue weighted by Gasteiger charge is -2.16. The first-order chi connectivity index (χ1) is 11.5. The van der Waals surface area contributed by atoms with Crippen LogP contribution in [0.15, 0.2) is 42.5 Å². The predicted molar refractivity (Wildman–Crippen MR) is 89.0 cm³/mol. The highest BCUT2D eigenvalue weighted by Crippen LogP contribution is 2.31. The fourth-order valence-electron chi connectivity index (χ4n) is 3.04. The number of carbonyl (C=O) groups excluding carboxylic acids is 2. The minimum absolute atomic E-state index is 0.0575. The zero-order valence-electron chi connectivity index (χ0n) is 13.0. The number of nitrogens with two attached hydrogens (primary N) is 1. The van der Waals surface area contributed by atoms with Gasteiger partial charge in [0.2, 0.25) is 5.91 Å². The molecule has 6 heteroatoms. The maximum atomic E-state index is 13.3. The topological polar surface area (TPSA) is 84.2 Å². The van der Waals surface area contributed by atoms with Gasteiger partial charge in [-0.2, -0.15) is 0 Å². The van der Waals surface area contributed by atoms with Gasteiger partial charge < -0.3 is 16.4 Å². The van der Waals surface area contributed by atoms with Crippen LogP contribution in [0.4, 0.5) is 14.9 Å². The van der Waals surface area contributed by atoms with E-state index < -0.39 is 5.91 Å². The number of para-hydroxylation sites is 1. The number of nitrogens with one attached hydrogen (secondary N) is 2. The lowest BCUT2D eigenvalue weighted by molar-refractivity contribution is -0.117. The standard InChI is InChI=1S/C18H18FN3O2/c19-13-6-7-14-11(9-13)5-8-16(14)22-18(24)21-15-4-2-1-3-12(15)10-17(20)23/h1-4,6-7,9,16H,5,8,10H2,(H2,20,23)(H2,21,22,24). The smallest absolute Gasteiger partial charge is 0.319 e. The number of fused-ring (bicyclic) bond motifs is 1. The molecule has 1 unspecified atom stereocenters. The normalized spacial score (nSPS) is 15.6. The van der Waals surface area contributed by atoms with Crippen molar-refractivity contribution in [3.05, 3.63) is 65.0 Å². The third-order valence-corrected chi connectivity index (χ3v) is 4.12. The van der Waals surface area contributed by atoms with E-state index in [-0.39, 0.29) is 24.3 Å². The molecule has 0 aliphatic heterocycles. The van der Waals surface area contributed by atoms with Crippen molar-refractivity contribution in [2.24, 2.45) is 5.73 Å². The highest BCUT2D eigenvalue weighted by molar-refractivity contribution is 5.91. The maximum Gasteiger partial charge on any atom is 0.319 e. The van der Waals surface area contributed by atoms with Crippen molar-refractivity contribution >= 4 is 17.6 Å². The van der Waals surface area contributed by atoms with Crippen LogP contribution in [0, 0.1) is 5.82 Å². The average Bonchev–Trinajstić information content (AvgIpc) is 2.90. The summed E-state index contributed by atoms with van der Waals surface area (Å²) in [6.07, 6.45) is 1.52. The number of aryl methyl sites for hydroxylation is 1. The maximum absolute atomic E-state index is 13.3. The molecule has 124 valence electrons. The van der Waals surface area contributed by atoms with E-state index in [1.54, 1.807) is 30.3 Å². The van der Waals surface area contributed by atoms with Gasteiger partial charge in [0.25, 0.3) is 0 Å². The van der Waals surface area contributed by atoms with Gasteiger partial charge in [0.05, 0.1) is 12.5 Å². The van der Waals surface area contributed by atoms with Crippen LogP contribution in [-0.4, -0.2) is 11.9 Å².